The second kappa shape index (κ2) is 7.78. The topological polar surface area (TPSA) is 60.2 Å². The maximum absolute atomic E-state index is 5.59. The highest BCUT2D eigenvalue weighted by atomic mass is 16.5. The van der Waals surface area contributed by atoms with E-state index in [0.29, 0.717) is 24.4 Å². The van der Waals surface area contributed by atoms with Crippen molar-refractivity contribution in [3.05, 3.63) is 30.2 Å². The minimum Gasteiger partial charge on any atom is -0.493 e. The largest absolute Gasteiger partial charge is 0.493 e. The van der Waals surface area contributed by atoms with E-state index in [9.17, 15) is 0 Å². The summed E-state index contributed by atoms with van der Waals surface area (Å²) in [5.74, 6) is 2.04. The zero-order chi connectivity index (χ0) is 15.1. The van der Waals surface area contributed by atoms with Gasteiger partial charge in [-0.2, -0.15) is 4.98 Å². The molecular weight excluding hydrogens is 266 g/mol. The number of aryl methyl sites for hydroxylation is 1. The van der Waals surface area contributed by atoms with E-state index in [2.05, 4.69) is 29.3 Å². The van der Waals surface area contributed by atoms with Crippen LogP contribution in [0.5, 0.6) is 5.75 Å². The number of ether oxygens (including phenoxy) is 1. The van der Waals surface area contributed by atoms with Crippen LogP contribution in [0.1, 0.15) is 33.1 Å². The van der Waals surface area contributed by atoms with Crippen LogP contribution >= 0.6 is 0 Å². The molecule has 1 N–H and O–H groups in total. The highest BCUT2D eigenvalue weighted by Gasteiger charge is 2.12. The van der Waals surface area contributed by atoms with Crippen LogP contribution in [-0.4, -0.2) is 29.3 Å². The molecule has 0 aliphatic carbocycles. The Morgan fingerprint density at radius 2 is 2.10 bits per heavy atom. The minimum atomic E-state index is 0.501. The average molecular weight is 289 g/mol. The number of nitrogens with one attached hydrogen (secondary N) is 1. The molecule has 1 aromatic heterocycles. The third-order valence-electron chi connectivity index (χ3n) is 3.02. The smallest absolute Gasteiger partial charge is 0.227 e. The molecule has 0 spiro atoms. The summed E-state index contributed by atoms with van der Waals surface area (Å²) >= 11 is 0. The van der Waals surface area contributed by atoms with E-state index in [1.54, 1.807) is 0 Å². The van der Waals surface area contributed by atoms with E-state index < -0.39 is 0 Å². The first-order valence-corrected chi connectivity index (χ1v) is 7.49. The molecule has 0 fully saturated rings. The number of aromatic nitrogens is 2. The third kappa shape index (κ3) is 4.56. The first-order chi connectivity index (χ1) is 10.2. The number of benzene rings is 1. The van der Waals surface area contributed by atoms with Crippen LogP contribution in [0.2, 0.25) is 0 Å². The molecule has 0 radical (unpaired) electrons. The summed E-state index contributed by atoms with van der Waals surface area (Å²) in [5, 5.41) is 7.43. The van der Waals surface area contributed by atoms with E-state index in [1.165, 1.54) is 0 Å². The molecule has 0 saturated heterocycles. The van der Waals surface area contributed by atoms with Gasteiger partial charge < -0.3 is 14.6 Å². The van der Waals surface area contributed by atoms with Gasteiger partial charge in [0.05, 0.1) is 12.2 Å². The monoisotopic (exact) mass is 289 g/mol. The summed E-state index contributed by atoms with van der Waals surface area (Å²) in [4.78, 5) is 4.45. The fourth-order valence-corrected chi connectivity index (χ4v) is 2.03. The van der Waals surface area contributed by atoms with Gasteiger partial charge in [-0.1, -0.05) is 31.1 Å². The van der Waals surface area contributed by atoms with Crippen molar-refractivity contribution in [1.82, 2.24) is 15.5 Å². The zero-order valence-electron chi connectivity index (χ0n) is 12.9. The molecule has 2 rings (SSSR count). The van der Waals surface area contributed by atoms with Crippen LogP contribution in [0.4, 0.5) is 0 Å². The second-order valence-corrected chi connectivity index (χ2v) is 5.15. The Morgan fingerprint density at radius 3 is 2.86 bits per heavy atom. The van der Waals surface area contributed by atoms with E-state index in [-0.39, 0.29) is 0 Å². The molecule has 1 aromatic carbocycles. The van der Waals surface area contributed by atoms with E-state index in [1.807, 2.05) is 31.2 Å². The normalized spacial score (nSPS) is 11.0. The zero-order valence-corrected chi connectivity index (χ0v) is 12.9. The molecule has 0 atom stereocenters. The van der Waals surface area contributed by atoms with Gasteiger partial charge in [0.25, 0.3) is 0 Å². The molecule has 0 unspecified atom stereocenters. The van der Waals surface area contributed by atoms with Crippen molar-refractivity contribution in [3.8, 4) is 17.1 Å². The molecule has 21 heavy (non-hydrogen) atoms. The van der Waals surface area contributed by atoms with Crippen LogP contribution in [0.25, 0.3) is 11.4 Å². The van der Waals surface area contributed by atoms with Gasteiger partial charge in [-0.15, -0.1) is 0 Å². The van der Waals surface area contributed by atoms with Crippen LogP contribution in [-0.2, 0) is 6.42 Å². The summed E-state index contributed by atoms with van der Waals surface area (Å²) in [6.07, 6.45) is 1.76. The predicted octanol–water partition coefficient (Wildman–Crippen LogP) is 3.07. The number of para-hydroxylation sites is 1. The quantitative estimate of drug-likeness (QED) is 0.757. The molecule has 0 saturated carbocycles. The van der Waals surface area contributed by atoms with Crippen molar-refractivity contribution >= 4 is 0 Å². The number of hydrogen-bond acceptors (Lipinski definition) is 5. The summed E-state index contributed by atoms with van der Waals surface area (Å²) in [6, 6.07) is 8.25. The number of hydrogen-bond donors (Lipinski definition) is 1. The van der Waals surface area contributed by atoms with Crippen LogP contribution < -0.4 is 10.1 Å². The highest BCUT2D eigenvalue weighted by Crippen LogP contribution is 2.27. The summed E-state index contributed by atoms with van der Waals surface area (Å²) in [6.45, 7) is 7.79. The lowest BCUT2D eigenvalue weighted by Gasteiger charge is -2.06. The van der Waals surface area contributed by atoms with Gasteiger partial charge in [-0.25, -0.2) is 0 Å². The van der Waals surface area contributed by atoms with E-state index in [0.717, 1.165) is 30.7 Å². The first-order valence-electron chi connectivity index (χ1n) is 7.49. The highest BCUT2D eigenvalue weighted by molar-refractivity contribution is 5.63. The maximum atomic E-state index is 5.59. The van der Waals surface area contributed by atoms with Gasteiger partial charge in [-0.05, 0) is 32.0 Å². The van der Waals surface area contributed by atoms with Crippen molar-refractivity contribution in [1.29, 1.82) is 0 Å². The van der Waals surface area contributed by atoms with E-state index >= 15 is 0 Å². The molecule has 0 aliphatic rings. The van der Waals surface area contributed by atoms with Gasteiger partial charge in [0.15, 0.2) is 0 Å². The summed E-state index contributed by atoms with van der Waals surface area (Å²) in [5.41, 5.74) is 0.870. The lowest BCUT2D eigenvalue weighted by Crippen LogP contribution is -2.23. The Morgan fingerprint density at radius 1 is 1.29 bits per heavy atom. The predicted molar refractivity (Wildman–Crippen MR) is 82.4 cm³/mol. The Bertz CT molecular complexity index is 552. The van der Waals surface area contributed by atoms with Crippen LogP contribution in [0.15, 0.2) is 28.8 Å². The molecule has 0 amide bonds. The van der Waals surface area contributed by atoms with Crippen molar-refractivity contribution in [3.63, 3.8) is 0 Å². The van der Waals surface area contributed by atoms with E-state index in [4.69, 9.17) is 9.26 Å². The molecule has 1 heterocycles. The van der Waals surface area contributed by atoms with Crippen molar-refractivity contribution in [2.45, 2.75) is 39.7 Å². The molecule has 114 valence electrons. The van der Waals surface area contributed by atoms with Crippen molar-refractivity contribution < 1.29 is 9.26 Å². The second-order valence-electron chi connectivity index (χ2n) is 5.15. The Labute approximate surface area is 125 Å². The molecular formula is C16H23N3O2. The average Bonchev–Trinajstić information content (AvgIpc) is 2.93. The molecule has 2 aromatic rings. The molecule has 5 heteroatoms. The first kappa shape index (κ1) is 15.5. The number of nitrogens with zero attached hydrogens (tertiary/aromatic N) is 2. The minimum absolute atomic E-state index is 0.501. The molecule has 5 nitrogen and oxygen atoms in total. The standard InChI is InChI=1S/C16H23N3O2/c1-4-20-14-9-6-5-8-13(14)16-18-15(21-19-16)10-7-11-17-12(2)3/h5-6,8-9,12,17H,4,7,10-11H2,1-3H3. The van der Waals surface area contributed by atoms with Gasteiger partial charge in [0.2, 0.25) is 11.7 Å². The maximum Gasteiger partial charge on any atom is 0.227 e. The van der Waals surface area contributed by atoms with Gasteiger partial charge in [0, 0.05) is 12.5 Å². The summed E-state index contributed by atoms with van der Waals surface area (Å²) in [7, 11) is 0. The Balaban J connectivity index is 1.99. The number of rotatable bonds is 8. The molecule has 0 bridgehead atoms. The fraction of sp³-hybridized carbons (Fsp3) is 0.500. The lowest BCUT2D eigenvalue weighted by atomic mass is 10.2. The van der Waals surface area contributed by atoms with Crippen molar-refractivity contribution in [2.75, 3.05) is 13.2 Å². The third-order valence-corrected chi connectivity index (χ3v) is 3.02. The van der Waals surface area contributed by atoms with Gasteiger partial charge in [0.1, 0.15) is 5.75 Å². The SMILES string of the molecule is CCOc1ccccc1-c1noc(CCCNC(C)C)n1. The molecule has 0 aliphatic heterocycles. The van der Waals surface area contributed by atoms with Gasteiger partial charge >= 0.3 is 0 Å². The Kier molecular flexibility index (Phi) is 5.75. The van der Waals surface area contributed by atoms with Gasteiger partial charge in [-0.3, -0.25) is 0 Å². The van der Waals surface area contributed by atoms with Crippen LogP contribution in [0, 0.1) is 0 Å². The lowest BCUT2D eigenvalue weighted by molar-refractivity contribution is 0.340. The fourth-order valence-electron chi connectivity index (χ4n) is 2.03. The van der Waals surface area contributed by atoms with Crippen molar-refractivity contribution in [2.24, 2.45) is 0 Å². The summed E-state index contributed by atoms with van der Waals surface area (Å²) < 4.78 is 10.9. The van der Waals surface area contributed by atoms with Crippen LogP contribution in [0.3, 0.4) is 0 Å². The Hall–Kier alpha value is -1.88.